The number of rotatable bonds is 6. The van der Waals surface area contributed by atoms with Crippen LogP contribution in [0.4, 0.5) is 0 Å². The summed E-state index contributed by atoms with van der Waals surface area (Å²) in [4.78, 5) is 13.0. The van der Waals surface area contributed by atoms with E-state index in [0.29, 0.717) is 38.0 Å². The van der Waals surface area contributed by atoms with Crippen LogP contribution in [0.1, 0.15) is 106 Å². The number of aliphatic hydroxyl groups excluding tert-OH is 6. The fraction of sp³-hybridized carbons (Fsp3) is 0.925. The van der Waals surface area contributed by atoms with E-state index in [2.05, 4.69) is 40.7 Å². The normalized spacial score (nSPS) is 55.1. The SMILES string of the molecule is CC1(C)[C@@H](O[C@@H]2O[C@H](CO)[C@@H](O)[C@H](O)[C@H]2O[C@@H]2OC[C@@H](O)[C@H](O)[C@H]2O)CC[C@@]2(C)[C@@H]1CC[C@]1(C)[C@@H]2CC=C2[C@H]3C[C@](C)(O)CC[C@]3(C(=O)O)CC[C@]21C. The number of ether oxygens (including phenoxy) is 4. The van der Waals surface area contributed by atoms with Gasteiger partial charge in [0.1, 0.15) is 42.7 Å². The van der Waals surface area contributed by atoms with Crippen molar-refractivity contribution in [2.45, 2.75) is 173 Å². The predicted molar refractivity (Wildman–Crippen MR) is 189 cm³/mol. The molecule has 2 aliphatic heterocycles. The van der Waals surface area contributed by atoms with E-state index in [1.54, 1.807) is 0 Å². The Labute approximate surface area is 312 Å². The molecule has 7 rings (SSSR count). The third kappa shape index (κ3) is 5.92. The minimum absolute atomic E-state index is 0.0789. The van der Waals surface area contributed by atoms with Crippen molar-refractivity contribution in [2.24, 2.45) is 44.8 Å². The third-order valence-corrected chi connectivity index (χ3v) is 16.6. The first kappa shape index (κ1) is 40.0. The van der Waals surface area contributed by atoms with E-state index >= 15 is 0 Å². The van der Waals surface area contributed by atoms with E-state index in [1.165, 1.54) is 5.57 Å². The lowest BCUT2D eigenvalue weighted by atomic mass is 9.33. The van der Waals surface area contributed by atoms with Crippen molar-refractivity contribution in [1.82, 2.24) is 0 Å². The van der Waals surface area contributed by atoms with Crippen LogP contribution >= 0.6 is 0 Å². The zero-order chi connectivity index (χ0) is 38.7. The number of carboxylic acids is 1. The maximum Gasteiger partial charge on any atom is 0.310 e. The summed E-state index contributed by atoms with van der Waals surface area (Å²) in [6, 6.07) is 0. The van der Waals surface area contributed by atoms with Gasteiger partial charge in [0, 0.05) is 0 Å². The van der Waals surface area contributed by atoms with Gasteiger partial charge in [0.05, 0.1) is 30.3 Å². The van der Waals surface area contributed by atoms with Crippen LogP contribution in [0.3, 0.4) is 0 Å². The molecule has 2 heterocycles. The van der Waals surface area contributed by atoms with Crippen molar-refractivity contribution in [3.05, 3.63) is 11.6 Å². The molecular formula is C40H64O13. The lowest BCUT2D eigenvalue weighted by Gasteiger charge is -2.71. The Bertz CT molecular complexity index is 1430. The Morgan fingerprint density at radius 3 is 2.21 bits per heavy atom. The average Bonchev–Trinajstić information content (AvgIpc) is 3.08. The molecule has 0 amide bonds. The Morgan fingerprint density at radius 1 is 0.830 bits per heavy atom. The van der Waals surface area contributed by atoms with Gasteiger partial charge in [-0.1, -0.05) is 46.3 Å². The number of aliphatic hydroxyl groups is 7. The highest BCUT2D eigenvalue weighted by Crippen LogP contribution is 2.75. The van der Waals surface area contributed by atoms with E-state index in [4.69, 9.17) is 18.9 Å². The molecule has 0 aromatic carbocycles. The Balaban J connectivity index is 1.15. The largest absolute Gasteiger partial charge is 0.481 e. The molecule has 0 bridgehead atoms. The standard InChI is InChI=1S/C40H64O13/c1-35(2)24-9-12-39(6)25(8-7-20-21-17-36(3,49)13-15-40(21,34(47)48)16-14-38(20,39)5)37(24,4)11-10-26(35)52-33-31(29(45)28(44)23(18-41)51-33)53-32-30(46)27(43)22(42)19-50-32/h7,21-33,41-46,49H,8-19H2,1-6H3,(H,47,48)/t21-,22-,23-,24-,25-,26+,27+,28-,29+,30-,31-,32+,33+,36-,37+,38-,39-,40+/m1/s1. The quantitative estimate of drug-likeness (QED) is 0.145. The summed E-state index contributed by atoms with van der Waals surface area (Å²) >= 11 is 0. The highest BCUT2D eigenvalue weighted by molar-refractivity contribution is 5.76. The van der Waals surface area contributed by atoms with E-state index in [-0.39, 0.29) is 40.8 Å². The molecule has 5 aliphatic carbocycles. The Hall–Kier alpha value is -1.23. The van der Waals surface area contributed by atoms with Crippen LogP contribution in [0.25, 0.3) is 0 Å². The first-order valence-electron chi connectivity index (χ1n) is 19.9. The second kappa shape index (κ2) is 13.4. The van der Waals surface area contributed by atoms with Crippen molar-refractivity contribution in [2.75, 3.05) is 13.2 Å². The highest BCUT2D eigenvalue weighted by atomic mass is 16.8. The molecule has 53 heavy (non-hydrogen) atoms. The van der Waals surface area contributed by atoms with Crippen LogP contribution in [0.15, 0.2) is 11.6 Å². The zero-order valence-electron chi connectivity index (χ0n) is 32.2. The van der Waals surface area contributed by atoms with Crippen LogP contribution < -0.4 is 0 Å². The van der Waals surface area contributed by atoms with E-state index in [9.17, 15) is 45.6 Å². The summed E-state index contributed by atoms with van der Waals surface area (Å²) in [5, 5.41) is 84.7. The fourth-order valence-corrected chi connectivity index (χ4v) is 13.2. The van der Waals surface area contributed by atoms with Gasteiger partial charge in [0.25, 0.3) is 0 Å². The Morgan fingerprint density at radius 2 is 1.53 bits per heavy atom. The summed E-state index contributed by atoms with van der Waals surface area (Å²) < 4.78 is 24.2. The van der Waals surface area contributed by atoms with Crippen molar-refractivity contribution >= 4 is 5.97 Å². The van der Waals surface area contributed by atoms with E-state index in [1.807, 2.05) is 6.92 Å². The number of hydrogen-bond donors (Lipinski definition) is 8. The maximum atomic E-state index is 13.0. The lowest BCUT2D eigenvalue weighted by Crippen LogP contribution is -2.66. The van der Waals surface area contributed by atoms with Gasteiger partial charge in [-0.05, 0) is 111 Å². The number of carbonyl (C=O) groups is 1. The second-order valence-electron chi connectivity index (χ2n) is 19.6. The molecule has 0 aromatic rings. The number of carboxylic acid groups (broad SMARTS) is 1. The van der Waals surface area contributed by atoms with Crippen LogP contribution in [0.2, 0.25) is 0 Å². The van der Waals surface area contributed by atoms with Gasteiger partial charge in [0.15, 0.2) is 12.6 Å². The molecule has 0 spiro atoms. The second-order valence-corrected chi connectivity index (χ2v) is 19.6. The fourth-order valence-electron chi connectivity index (χ4n) is 13.2. The van der Waals surface area contributed by atoms with Gasteiger partial charge >= 0.3 is 5.97 Å². The summed E-state index contributed by atoms with van der Waals surface area (Å²) in [7, 11) is 0. The topological polar surface area (TPSA) is 216 Å². The molecule has 7 aliphatic rings. The van der Waals surface area contributed by atoms with Gasteiger partial charge in [-0.2, -0.15) is 0 Å². The maximum absolute atomic E-state index is 13.0. The average molecular weight is 753 g/mol. The molecule has 6 fully saturated rings. The summed E-state index contributed by atoms with van der Waals surface area (Å²) in [6.45, 7) is 12.6. The van der Waals surface area contributed by atoms with Gasteiger partial charge in [-0.15, -0.1) is 0 Å². The van der Waals surface area contributed by atoms with Crippen molar-refractivity contribution in [1.29, 1.82) is 0 Å². The third-order valence-electron chi connectivity index (χ3n) is 16.6. The molecule has 0 aromatic heterocycles. The Kier molecular flexibility index (Phi) is 10.1. The number of hydrogen-bond acceptors (Lipinski definition) is 12. The first-order chi connectivity index (χ1) is 24.7. The van der Waals surface area contributed by atoms with E-state index < -0.39 is 84.3 Å². The minimum atomic E-state index is -1.63. The van der Waals surface area contributed by atoms with Crippen molar-refractivity contribution in [3.63, 3.8) is 0 Å². The molecule has 302 valence electrons. The number of fused-ring (bicyclic) bond motifs is 7. The van der Waals surface area contributed by atoms with Crippen molar-refractivity contribution in [3.8, 4) is 0 Å². The van der Waals surface area contributed by atoms with Crippen LogP contribution in [0, 0.1) is 44.8 Å². The highest BCUT2D eigenvalue weighted by Gasteiger charge is 2.70. The van der Waals surface area contributed by atoms with Crippen molar-refractivity contribution < 1.29 is 64.6 Å². The molecule has 0 radical (unpaired) electrons. The molecule has 2 saturated heterocycles. The predicted octanol–water partition coefficient (Wildman–Crippen LogP) is 2.25. The molecule has 4 saturated carbocycles. The summed E-state index contributed by atoms with van der Waals surface area (Å²) in [6.07, 6.45) is -3.66. The molecule has 18 atom stereocenters. The van der Waals surface area contributed by atoms with Crippen LogP contribution in [-0.2, 0) is 23.7 Å². The van der Waals surface area contributed by atoms with Gasteiger partial charge in [-0.3, -0.25) is 4.79 Å². The first-order valence-corrected chi connectivity index (χ1v) is 19.9. The molecule has 0 unspecified atom stereocenters. The number of aliphatic carboxylic acids is 1. The molecular weight excluding hydrogens is 688 g/mol. The van der Waals surface area contributed by atoms with Gasteiger partial charge < -0.3 is 59.8 Å². The smallest absolute Gasteiger partial charge is 0.310 e. The van der Waals surface area contributed by atoms with E-state index in [0.717, 1.165) is 32.1 Å². The summed E-state index contributed by atoms with van der Waals surface area (Å²) in [5.41, 5.74) is -1.24. The summed E-state index contributed by atoms with van der Waals surface area (Å²) in [5.74, 6) is -0.366. The number of allylic oxidation sites excluding steroid dienone is 2. The van der Waals surface area contributed by atoms with Gasteiger partial charge in [0.2, 0.25) is 0 Å². The monoisotopic (exact) mass is 752 g/mol. The molecule has 13 heteroatoms. The minimum Gasteiger partial charge on any atom is -0.481 e. The van der Waals surface area contributed by atoms with Crippen LogP contribution in [-0.4, -0.2) is 127 Å². The lowest BCUT2D eigenvalue weighted by molar-refractivity contribution is -0.370. The van der Waals surface area contributed by atoms with Crippen LogP contribution in [0.5, 0.6) is 0 Å². The molecule has 13 nitrogen and oxygen atoms in total. The zero-order valence-corrected chi connectivity index (χ0v) is 32.2. The molecule has 8 N–H and O–H groups in total. The van der Waals surface area contributed by atoms with Gasteiger partial charge in [-0.25, -0.2) is 0 Å².